The van der Waals surface area contributed by atoms with E-state index in [-0.39, 0.29) is 0 Å². The van der Waals surface area contributed by atoms with Crippen molar-refractivity contribution in [1.29, 1.82) is 0 Å². The highest BCUT2D eigenvalue weighted by Crippen LogP contribution is 2.14. The van der Waals surface area contributed by atoms with Crippen LogP contribution in [0.5, 0.6) is 0 Å². The zero-order valence-electron chi connectivity index (χ0n) is 15.5. The zero-order chi connectivity index (χ0) is 16.1. The van der Waals surface area contributed by atoms with E-state index >= 15 is 0 Å². The zero-order valence-corrected chi connectivity index (χ0v) is 15.5. The molecule has 130 valence electrons. The average Bonchev–Trinajstić information content (AvgIpc) is 2.54. The van der Waals surface area contributed by atoms with Crippen LogP contribution in [0.2, 0.25) is 0 Å². The maximum atomic E-state index is 3.69. The Labute approximate surface area is 141 Å². The van der Waals surface area contributed by atoms with Crippen molar-refractivity contribution >= 4 is 0 Å². The number of unbranched alkanes of at least 4 members (excludes halogenated alkanes) is 16. The lowest BCUT2D eigenvalue weighted by atomic mass is 10.0. The molecule has 0 radical (unpaired) electrons. The topological polar surface area (TPSA) is 0 Å². The minimum atomic E-state index is 1.23. The molecule has 0 nitrogen and oxygen atoms in total. The van der Waals surface area contributed by atoms with Gasteiger partial charge in [-0.3, -0.25) is 0 Å². The maximum absolute atomic E-state index is 3.69. The third-order valence-electron chi connectivity index (χ3n) is 4.50. The van der Waals surface area contributed by atoms with Gasteiger partial charge in [-0.1, -0.05) is 128 Å². The van der Waals surface area contributed by atoms with Gasteiger partial charge in [0.1, 0.15) is 0 Å². The highest BCUT2D eigenvalue weighted by atomic mass is 14.0. The number of rotatable bonds is 18. The van der Waals surface area contributed by atoms with Gasteiger partial charge in [0.2, 0.25) is 0 Å². The molecule has 22 heavy (non-hydrogen) atoms. The Kier molecular flexibility index (Phi) is 20.0. The SMILES string of the molecule is C=CC=CCCCCCCCCCCCCCCCCCC. The molecule has 0 aromatic carbocycles. The van der Waals surface area contributed by atoms with Crippen LogP contribution in [-0.4, -0.2) is 0 Å². The largest absolute Gasteiger partial charge is 0.0991 e. The summed E-state index contributed by atoms with van der Waals surface area (Å²) in [5.74, 6) is 0. The van der Waals surface area contributed by atoms with Crippen molar-refractivity contribution in [3.8, 4) is 0 Å². The first-order valence-electron chi connectivity index (χ1n) is 10.2. The monoisotopic (exact) mass is 306 g/mol. The molecule has 0 N–H and O–H groups in total. The number of hydrogen-bond donors (Lipinski definition) is 0. The van der Waals surface area contributed by atoms with Gasteiger partial charge in [-0.25, -0.2) is 0 Å². The highest BCUT2D eigenvalue weighted by molar-refractivity contribution is 4.96. The lowest BCUT2D eigenvalue weighted by Gasteiger charge is -2.03. The van der Waals surface area contributed by atoms with Crippen LogP contribution < -0.4 is 0 Å². The van der Waals surface area contributed by atoms with Crippen molar-refractivity contribution in [3.05, 3.63) is 24.8 Å². The van der Waals surface area contributed by atoms with E-state index < -0.39 is 0 Å². The summed E-state index contributed by atoms with van der Waals surface area (Å²) in [6.07, 6.45) is 30.5. The molecule has 0 fully saturated rings. The van der Waals surface area contributed by atoms with Crippen molar-refractivity contribution in [2.45, 2.75) is 116 Å². The van der Waals surface area contributed by atoms with E-state index in [0.29, 0.717) is 0 Å². The Balaban J connectivity index is 2.97. The summed E-state index contributed by atoms with van der Waals surface area (Å²) in [5, 5.41) is 0. The molecular formula is C22H42. The van der Waals surface area contributed by atoms with Gasteiger partial charge in [0.25, 0.3) is 0 Å². The molecule has 0 aliphatic carbocycles. The van der Waals surface area contributed by atoms with Crippen LogP contribution in [0.25, 0.3) is 0 Å². The standard InChI is InChI=1S/C22H42/c1-3-5-7-9-11-13-15-17-19-21-22-20-18-16-14-12-10-8-6-4-2/h3,5,7H,1,4,6,8-22H2,2H3. The van der Waals surface area contributed by atoms with Crippen LogP contribution in [-0.2, 0) is 0 Å². The van der Waals surface area contributed by atoms with Gasteiger partial charge in [-0.15, -0.1) is 0 Å². The Morgan fingerprint density at radius 1 is 0.545 bits per heavy atom. The molecule has 0 saturated carbocycles. The molecule has 0 saturated heterocycles. The Morgan fingerprint density at radius 3 is 1.27 bits per heavy atom. The number of allylic oxidation sites excluding steroid dienone is 3. The lowest BCUT2D eigenvalue weighted by molar-refractivity contribution is 0.530. The van der Waals surface area contributed by atoms with Crippen molar-refractivity contribution < 1.29 is 0 Å². The molecule has 0 rings (SSSR count). The van der Waals surface area contributed by atoms with Crippen molar-refractivity contribution in [3.63, 3.8) is 0 Å². The summed E-state index contributed by atoms with van der Waals surface area (Å²) in [7, 11) is 0. The van der Waals surface area contributed by atoms with E-state index in [4.69, 9.17) is 0 Å². The second kappa shape index (κ2) is 20.5. The Hall–Kier alpha value is -0.520. The Bertz CT molecular complexity index is 226. The first-order valence-corrected chi connectivity index (χ1v) is 10.2. The summed E-state index contributed by atoms with van der Waals surface area (Å²) in [4.78, 5) is 0. The quantitative estimate of drug-likeness (QED) is 0.176. The molecule has 0 aromatic rings. The smallest absolute Gasteiger partial charge is 0.0348 e. The van der Waals surface area contributed by atoms with Gasteiger partial charge < -0.3 is 0 Å². The minimum Gasteiger partial charge on any atom is -0.0991 e. The van der Waals surface area contributed by atoms with Gasteiger partial charge in [0.05, 0.1) is 0 Å². The van der Waals surface area contributed by atoms with Crippen molar-refractivity contribution in [2.24, 2.45) is 0 Å². The third kappa shape index (κ3) is 19.5. The van der Waals surface area contributed by atoms with E-state index in [1.165, 1.54) is 109 Å². The van der Waals surface area contributed by atoms with Crippen LogP contribution in [0.3, 0.4) is 0 Å². The molecular weight excluding hydrogens is 264 g/mol. The summed E-state index contributed by atoms with van der Waals surface area (Å²) in [6.45, 7) is 5.98. The molecule has 0 atom stereocenters. The molecule has 0 heterocycles. The van der Waals surface area contributed by atoms with Gasteiger partial charge in [-0.2, -0.15) is 0 Å². The van der Waals surface area contributed by atoms with Crippen LogP contribution in [0.4, 0.5) is 0 Å². The fourth-order valence-corrected chi connectivity index (χ4v) is 3.00. The van der Waals surface area contributed by atoms with Crippen LogP contribution >= 0.6 is 0 Å². The van der Waals surface area contributed by atoms with Crippen LogP contribution in [0.1, 0.15) is 116 Å². The van der Waals surface area contributed by atoms with E-state index in [1.807, 2.05) is 6.08 Å². The minimum absolute atomic E-state index is 1.23. The van der Waals surface area contributed by atoms with Gasteiger partial charge in [0, 0.05) is 0 Å². The molecule has 0 heteroatoms. The van der Waals surface area contributed by atoms with Crippen molar-refractivity contribution in [2.75, 3.05) is 0 Å². The predicted octanol–water partition coefficient (Wildman–Crippen LogP) is 8.38. The van der Waals surface area contributed by atoms with E-state index in [2.05, 4.69) is 25.7 Å². The Morgan fingerprint density at radius 2 is 0.909 bits per heavy atom. The first-order chi connectivity index (χ1) is 10.9. The third-order valence-corrected chi connectivity index (χ3v) is 4.50. The summed E-state index contributed by atoms with van der Waals surface area (Å²) < 4.78 is 0. The van der Waals surface area contributed by atoms with Gasteiger partial charge in [0.15, 0.2) is 0 Å². The fourth-order valence-electron chi connectivity index (χ4n) is 3.00. The van der Waals surface area contributed by atoms with Gasteiger partial charge >= 0.3 is 0 Å². The van der Waals surface area contributed by atoms with E-state index in [0.717, 1.165) is 0 Å². The predicted molar refractivity (Wildman–Crippen MR) is 104 cm³/mol. The molecule has 0 aromatic heterocycles. The number of hydrogen-bond acceptors (Lipinski definition) is 0. The molecule has 0 bridgehead atoms. The second-order valence-electron chi connectivity index (χ2n) is 6.76. The van der Waals surface area contributed by atoms with Gasteiger partial charge in [-0.05, 0) is 12.8 Å². The second-order valence-corrected chi connectivity index (χ2v) is 6.76. The van der Waals surface area contributed by atoms with Crippen LogP contribution in [0.15, 0.2) is 24.8 Å². The van der Waals surface area contributed by atoms with Crippen molar-refractivity contribution in [1.82, 2.24) is 0 Å². The fraction of sp³-hybridized carbons (Fsp3) is 0.818. The molecule has 0 amide bonds. The highest BCUT2D eigenvalue weighted by Gasteiger charge is 1.94. The lowest BCUT2D eigenvalue weighted by Crippen LogP contribution is -1.83. The molecule has 0 spiro atoms. The molecule has 0 aliphatic rings. The summed E-state index contributed by atoms with van der Waals surface area (Å²) in [6, 6.07) is 0. The average molecular weight is 307 g/mol. The normalized spacial score (nSPS) is 11.3. The van der Waals surface area contributed by atoms with Crippen LogP contribution in [0, 0.1) is 0 Å². The van der Waals surface area contributed by atoms with E-state index in [9.17, 15) is 0 Å². The summed E-state index contributed by atoms with van der Waals surface area (Å²) in [5.41, 5.74) is 0. The summed E-state index contributed by atoms with van der Waals surface area (Å²) >= 11 is 0. The maximum Gasteiger partial charge on any atom is -0.0348 e. The molecule has 0 aliphatic heterocycles. The van der Waals surface area contributed by atoms with E-state index in [1.54, 1.807) is 0 Å². The molecule has 0 unspecified atom stereocenters. The first kappa shape index (κ1) is 21.5.